The van der Waals surface area contributed by atoms with E-state index in [0.29, 0.717) is 13.0 Å². The van der Waals surface area contributed by atoms with Crippen molar-refractivity contribution in [2.45, 2.75) is 32.0 Å². The molecule has 0 radical (unpaired) electrons. The zero-order valence-corrected chi connectivity index (χ0v) is 19.2. The highest BCUT2D eigenvalue weighted by Gasteiger charge is 2.15. The van der Waals surface area contributed by atoms with Crippen molar-refractivity contribution >= 4 is 34.1 Å². The lowest BCUT2D eigenvalue weighted by Crippen LogP contribution is -2.15. The van der Waals surface area contributed by atoms with Crippen LogP contribution in [0.1, 0.15) is 22.5 Å². The molecule has 0 spiro atoms. The number of rotatable bonds is 8. The van der Waals surface area contributed by atoms with Crippen LogP contribution in [0.2, 0.25) is 0 Å². The van der Waals surface area contributed by atoms with E-state index in [9.17, 15) is 4.79 Å². The molecule has 0 saturated carbocycles. The van der Waals surface area contributed by atoms with Crippen molar-refractivity contribution in [3.05, 3.63) is 95.8 Å². The lowest BCUT2D eigenvalue weighted by molar-refractivity contribution is -0.113. The van der Waals surface area contributed by atoms with E-state index in [1.165, 1.54) is 28.1 Å². The predicted molar refractivity (Wildman–Crippen MR) is 132 cm³/mol. The van der Waals surface area contributed by atoms with Crippen molar-refractivity contribution in [3.8, 4) is 0 Å². The number of anilines is 1. The van der Waals surface area contributed by atoms with E-state index >= 15 is 0 Å². The van der Waals surface area contributed by atoms with Crippen molar-refractivity contribution < 1.29 is 4.79 Å². The van der Waals surface area contributed by atoms with Crippen LogP contribution >= 0.6 is 11.8 Å². The summed E-state index contributed by atoms with van der Waals surface area (Å²) in [5.74, 6) is 1.06. The molecule has 0 fully saturated rings. The molecule has 0 bridgehead atoms. The highest BCUT2D eigenvalue weighted by atomic mass is 32.2. The number of aryl methyl sites for hydroxylation is 1. The first-order valence-electron chi connectivity index (χ1n) is 10.6. The number of hydrogen-bond donors (Lipinski definition) is 1. The number of thioether (sulfide) groups is 1. The van der Waals surface area contributed by atoms with Gasteiger partial charge in [-0.1, -0.05) is 72.4 Å². The Kier molecular flexibility index (Phi) is 6.71. The van der Waals surface area contributed by atoms with Crippen LogP contribution in [0.25, 0.3) is 10.8 Å². The van der Waals surface area contributed by atoms with Crippen LogP contribution < -0.4 is 5.32 Å². The van der Waals surface area contributed by atoms with Crippen molar-refractivity contribution in [1.82, 2.24) is 14.8 Å². The van der Waals surface area contributed by atoms with Gasteiger partial charge < -0.3 is 9.88 Å². The molecule has 0 aliphatic heterocycles. The first-order valence-corrected chi connectivity index (χ1v) is 11.5. The van der Waals surface area contributed by atoms with Crippen LogP contribution in [-0.4, -0.2) is 26.4 Å². The fourth-order valence-electron chi connectivity index (χ4n) is 3.69. The van der Waals surface area contributed by atoms with Gasteiger partial charge in [-0.25, -0.2) is 0 Å². The Morgan fingerprint density at radius 2 is 1.84 bits per heavy atom. The monoisotopic (exact) mass is 442 g/mol. The molecule has 1 N–H and O–H groups in total. The minimum Gasteiger partial charge on any atom is -0.325 e. The summed E-state index contributed by atoms with van der Waals surface area (Å²) in [6, 6.07) is 20.6. The topological polar surface area (TPSA) is 59.8 Å². The Hall–Kier alpha value is -3.38. The number of nitrogens with one attached hydrogen (secondary N) is 1. The fourth-order valence-corrected chi connectivity index (χ4v) is 4.46. The van der Waals surface area contributed by atoms with E-state index in [1.54, 1.807) is 0 Å². The number of carbonyl (C=O) groups is 1. The fraction of sp³-hybridized carbons (Fsp3) is 0.192. The average Bonchev–Trinajstić information content (AvgIpc) is 3.17. The predicted octanol–water partition coefficient (Wildman–Crippen LogP) is 5.56. The third-order valence-corrected chi connectivity index (χ3v) is 6.51. The molecule has 4 aromatic rings. The van der Waals surface area contributed by atoms with Gasteiger partial charge in [0.05, 0.1) is 5.75 Å². The summed E-state index contributed by atoms with van der Waals surface area (Å²) in [5.41, 5.74) is 4.28. The summed E-state index contributed by atoms with van der Waals surface area (Å²) in [6.45, 7) is 8.52. The van der Waals surface area contributed by atoms with Crippen molar-refractivity contribution in [2.75, 3.05) is 11.1 Å². The molecule has 0 aliphatic rings. The van der Waals surface area contributed by atoms with Gasteiger partial charge in [0.1, 0.15) is 5.82 Å². The summed E-state index contributed by atoms with van der Waals surface area (Å²) in [4.78, 5) is 12.6. The number of nitrogens with zero attached hydrogens (tertiary/aromatic N) is 3. The Morgan fingerprint density at radius 1 is 1.06 bits per heavy atom. The van der Waals surface area contributed by atoms with E-state index in [4.69, 9.17) is 0 Å². The maximum Gasteiger partial charge on any atom is 0.234 e. The largest absolute Gasteiger partial charge is 0.325 e. The van der Waals surface area contributed by atoms with Crippen LogP contribution in [0.15, 0.2) is 78.5 Å². The number of fused-ring (bicyclic) bond motifs is 1. The number of allylic oxidation sites excluding steroid dienone is 1. The third kappa shape index (κ3) is 4.75. The summed E-state index contributed by atoms with van der Waals surface area (Å²) >= 11 is 1.39. The average molecular weight is 443 g/mol. The van der Waals surface area contributed by atoms with E-state index in [2.05, 4.69) is 58.5 Å². The number of hydrogen-bond acceptors (Lipinski definition) is 4. The second-order valence-corrected chi connectivity index (χ2v) is 8.64. The quantitative estimate of drug-likeness (QED) is 0.287. The number of amides is 1. The Bertz CT molecular complexity index is 1270. The number of aromatic nitrogens is 3. The minimum atomic E-state index is -0.0625. The Balaban J connectivity index is 1.50. The molecular weight excluding hydrogens is 416 g/mol. The lowest BCUT2D eigenvalue weighted by atomic mass is 10.0. The SMILES string of the molecule is C=CCn1c(Cc2cccc3ccccc23)nnc1SCC(=O)Nc1cccc(C)c1C. The van der Waals surface area contributed by atoms with Crippen molar-refractivity contribution in [1.29, 1.82) is 0 Å². The molecule has 162 valence electrons. The molecular formula is C26H26N4OS. The number of carbonyl (C=O) groups excluding carboxylic acids is 1. The summed E-state index contributed by atoms with van der Waals surface area (Å²) in [6.07, 6.45) is 2.49. The second-order valence-electron chi connectivity index (χ2n) is 7.70. The molecule has 0 aliphatic carbocycles. The van der Waals surface area contributed by atoms with E-state index < -0.39 is 0 Å². The molecule has 6 heteroatoms. The normalized spacial score (nSPS) is 10.9. The molecule has 0 unspecified atom stereocenters. The van der Waals surface area contributed by atoms with Gasteiger partial charge in [-0.05, 0) is 47.4 Å². The van der Waals surface area contributed by atoms with Crippen LogP contribution in [0.4, 0.5) is 5.69 Å². The van der Waals surface area contributed by atoms with E-state index in [0.717, 1.165) is 27.8 Å². The second kappa shape index (κ2) is 9.83. The van der Waals surface area contributed by atoms with Crippen molar-refractivity contribution in [2.24, 2.45) is 0 Å². The van der Waals surface area contributed by atoms with Crippen LogP contribution in [0, 0.1) is 13.8 Å². The molecule has 1 heterocycles. The van der Waals surface area contributed by atoms with Gasteiger partial charge in [0, 0.05) is 18.7 Å². The maximum absolute atomic E-state index is 12.6. The summed E-state index contributed by atoms with van der Waals surface area (Å²) < 4.78 is 2.03. The first-order chi connectivity index (χ1) is 15.6. The van der Waals surface area contributed by atoms with E-state index in [-0.39, 0.29) is 11.7 Å². The highest BCUT2D eigenvalue weighted by Crippen LogP contribution is 2.24. The zero-order valence-electron chi connectivity index (χ0n) is 18.3. The van der Waals surface area contributed by atoms with Gasteiger partial charge in [0.15, 0.2) is 5.16 Å². The first kappa shape index (κ1) is 21.8. The summed E-state index contributed by atoms with van der Waals surface area (Å²) in [5, 5.41) is 14.9. The van der Waals surface area contributed by atoms with Gasteiger partial charge in [-0.3, -0.25) is 4.79 Å². The molecule has 1 aromatic heterocycles. The van der Waals surface area contributed by atoms with E-state index in [1.807, 2.05) is 48.8 Å². The molecule has 5 nitrogen and oxygen atoms in total. The molecule has 1 amide bonds. The summed E-state index contributed by atoms with van der Waals surface area (Å²) in [7, 11) is 0. The van der Waals surface area contributed by atoms with Gasteiger partial charge in [0.25, 0.3) is 0 Å². The molecule has 0 atom stereocenters. The third-order valence-electron chi connectivity index (χ3n) is 5.54. The Labute approximate surface area is 192 Å². The highest BCUT2D eigenvalue weighted by molar-refractivity contribution is 7.99. The zero-order chi connectivity index (χ0) is 22.5. The molecule has 3 aromatic carbocycles. The van der Waals surface area contributed by atoms with Crippen LogP contribution in [0.5, 0.6) is 0 Å². The van der Waals surface area contributed by atoms with Crippen LogP contribution in [-0.2, 0) is 17.8 Å². The smallest absolute Gasteiger partial charge is 0.234 e. The maximum atomic E-state index is 12.6. The minimum absolute atomic E-state index is 0.0625. The Morgan fingerprint density at radius 3 is 2.69 bits per heavy atom. The standard InChI is InChI=1S/C26H26N4OS/c1-4-15-30-24(16-21-12-8-11-20-10-5-6-13-22(20)21)28-29-26(30)32-17-25(31)27-23-14-7-9-18(2)19(23)3/h4-14H,1,15-17H2,2-3H3,(H,27,31). The van der Waals surface area contributed by atoms with Gasteiger partial charge in [-0.2, -0.15) is 0 Å². The lowest BCUT2D eigenvalue weighted by Gasteiger charge is -2.11. The molecule has 0 saturated heterocycles. The molecule has 32 heavy (non-hydrogen) atoms. The van der Waals surface area contributed by atoms with Crippen LogP contribution in [0.3, 0.4) is 0 Å². The van der Waals surface area contributed by atoms with Crippen molar-refractivity contribution in [3.63, 3.8) is 0 Å². The van der Waals surface area contributed by atoms with Gasteiger partial charge in [-0.15, -0.1) is 16.8 Å². The van der Waals surface area contributed by atoms with Gasteiger partial charge >= 0.3 is 0 Å². The number of benzene rings is 3. The molecule has 4 rings (SSSR count). The van der Waals surface area contributed by atoms with Gasteiger partial charge in [0.2, 0.25) is 5.91 Å².